The predicted molar refractivity (Wildman–Crippen MR) is 174 cm³/mol. The van der Waals surface area contributed by atoms with Gasteiger partial charge in [-0.15, -0.1) is 0 Å². The van der Waals surface area contributed by atoms with E-state index in [-0.39, 0.29) is 18.2 Å². The third kappa shape index (κ3) is 18.5. The van der Waals surface area contributed by atoms with E-state index in [4.69, 9.17) is 20.9 Å². The summed E-state index contributed by atoms with van der Waals surface area (Å²) in [5, 5.41) is 49.2. The van der Waals surface area contributed by atoms with Crippen molar-refractivity contribution in [1.29, 1.82) is 0 Å². The van der Waals surface area contributed by atoms with Crippen LogP contribution in [0.3, 0.4) is 0 Å². The van der Waals surface area contributed by atoms with Crippen molar-refractivity contribution in [3.05, 3.63) is 0 Å². The number of hydrogen-bond donors (Lipinski definition) is 7. The summed E-state index contributed by atoms with van der Waals surface area (Å²) in [6.07, 6.45) is 15.1. The molecule has 1 fully saturated rings. The van der Waals surface area contributed by atoms with Crippen molar-refractivity contribution < 1.29 is 39.8 Å². The van der Waals surface area contributed by atoms with Gasteiger partial charge in [0.1, 0.15) is 30.2 Å². The lowest BCUT2D eigenvalue weighted by Crippen LogP contribution is -2.60. The van der Waals surface area contributed by atoms with Gasteiger partial charge in [-0.1, -0.05) is 96.3 Å². The summed E-state index contributed by atoms with van der Waals surface area (Å²) in [5.74, 6) is 0.409. The van der Waals surface area contributed by atoms with Crippen LogP contribution in [-0.2, 0) is 14.3 Å². The third-order valence-corrected chi connectivity index (χ3v) is 9.00. The lowest BCUT2D eigenvalue weighted by atomic mass is 9.98. The van der Waals surface area contributed by atoms with E-state index in [0.29, 0.717) is 18.6 Å². The molecule has 0 spiro atoms. The minimum atomic E-state index is -1.45. The van der Waals surface area contributed by atoms with Crippen LogP contribution in [0.5, 0.6) is 0 Å². The van der Waals surface area contributed by atoms with E-state index < -0.39 is 43.4 Å². The van der Waals surface area contributed by atoms with Gasteiger partial charge in [0.25, 0.3) is 0 Å². The number of nitrogens with two attached hydrogens (primary N) is 2. The fraction of sp³-hybridized carbons (Fsp3) is 0.971. The first-order valence-corrected chi connectivity index (χ1v) is 17.7. The van der Waals surface area contributed by atoms with Crippen molar-refractivity contribution in [2.75, 3.05) is 6.61 Å². The van der Waals surface area contributed by atoms with Crippen LogP contribution in [0.1, 0.15) is 149 Å². The molecule has 9 N–H and O–H groups in total. The average molecular weight is 633 g/mol. The molecule has 10 nitrogen and oxygen atoms in total. The van der Waals surface area contributed by atoms with Crippen molar-refractivity contribution in [2.24, 2.45) is 11.5 Å². The molecule has 1 rings (SSSR count). The Bertz CT molecular complexity index is 696. The Morgan fingerprint density at radius 1 is 0.659 bits per heavy atom. The average Bonchev–Trinajstić information content (AvgIpc) is 2.99. The quantitative estimate of drug-likeness (QED) is 0.0621. The van der Waals surface area contributed by atoms with E-state index in [1.165, 1.54) is 44.9 Å². The first-order chi connectivity index (χ1) is 21.1. The van der Waals surface area contributed by atoms with Gasteiger partial charge in [-0.05, 0) is 39.5 Å². The summed E-state index contributed by atoms with van der Waals surface area (Å²) < 4.78 is 11.3. The molecular weight excluding hydrogens is 564 g/mol. The van der Waals surface area contributed by atoms with Crippen molar-refractivity contribution in [1.82, 2.24) is 0 Å². The molecule has 0 bridgehead atoms. The van der Waals surface area contributed by atoms with Crippen LogP contribution in [-0.4, -0.2) is 92.9 Å². The van der Waals surface area contributed by atoms with Crippen LogP contribution in [0, 0.1) is 0 Å². The second-order valence-electron chi connectivity index (χ2n) is 13.3. The molecule has 44 heavy (non-hydrogen) atoms. The van der Waals surface area contributed by atoms with E-state index in [9.17, 15) is 30.3 Å². The number of ether oxygens (including phenoxy) is 2. The molecule has 0 saturated carbocycles. The third-order valence-electron chi connectivity index (χ3n) is 9.00. The Kier molecular flexibility index (Phi) is 23.9. The molecule has 1 saturated heterocycles. The monoisotopic (exact) mass is 632 g/mol. The van der Waals surface area contributed by atoms with Crippen molar-refractivity contribution in [3.8, 4) is 0 Å². The van der Waals surface area contributed by atoms with Gasteiger partial charge in [-0.3, -0.25) is 4.79 Å². The van der Waals surface area contributed by atoms with Gasteiger partial charge >= 0.3 is 0 Å². The highest BCUT2D eigenvalue weighted by atomic mass is 16.7. The van der Waals surface area contributed by atoms with E-state index >= 15 is 0 Å². The smallest absolute Gasteiger partial charge is 0.187 e. The normalized spacial score (nSPS) is 25.1. The Morgan fingerprint density at radius 3 is 1.52 bits per heavy atom. The molecular formula is C34H68N2O8. The van der Waals surface area contributed by atoms with Gasteiger partial charge in [0.15, 0.2) is 6.29 Å². The molecule has 1 heterocycles. The van der Waals surface area contributed by atoms with Crippen LogP contribution < -0.4 is 11.5 Å². The number of rotatable bonds is 28. The van der Waals surface area contributed by atoms with Gasteiger partial charge in [0.05, 0.1) is 18.8 Å². The summed E-state index contributed by atoms with van der Waals surface area (Å²) in [4.78, 5) is 12.1. The van der Waals surface area contributed by atoms with E-state index in [2.05, 4.69) is 0 Å². The van der Waals surface area contributed by atoms with E-state index in [0.717, 1.165) is 77.0 Å². The summed E-state index contributed by atoms with van der Waals surface area (Å²) in [6.45, 7) is 3.19. The fourth-order valence-corrected chi connectivity index (χ4v) is 5.84. The molecule has 1 unspecified atom stereocenters. The number of carbonyl (C=O) groups is 1. The molecule has 1 aliphatic rings. The van der Waals surface area contributed by atoms with E-state index in [1.807, 2.05) is 13.8 Å². The van der Waals surface area contributed by atoms with Crippen LogP contribution in [0.2, 0.25) is 0 Å². The van der Waals surface area contributed by atoms with Gasteiger partial charge in [0.2, 0.25) is 0 Å². The van der Waals surface area contributed by atoms with Crippen molar-refractivity contribution in [2.45, 2.75) is 204 Å². The maximum atomic E-state index is 12.1. The molecule has 0 aromatic heterocycles. The van der Waals surface area contributed by atoms with Crippen LogP contribution in [0.25, 0.3) is 0 Å². The highest BCUT2D eigenvalue weighted by Gasteiger charge is 2.45. The summed E-state index contributed by atoms with van der Waals surface area (Å²) >= 11 is 0. The summed E-state index contributed by atoms with van der Waals surface area (Å²) in [5.41, 5.74) is 11.8. The Balaban J connectivity index is 1.94. The first-order valence-electron chi connectivity index (χ1n) is 17.7. The van der Waals surface area contributed by atoms with Crippen LogP contribution in [0.4, 0.5) is 0 Å². The molecule has 0 radical (unpaired) electrons. The van der Waals surface area contributed by atoms with Crippen molar-refractivity contribution in [3.63, 3.8) is 0 Å². The molecule has 0 aliphatic carbocycles. The largest absolute Gasteiger partial charge is 0.394 e. The molecule has 9 atom stereocenters. The van der Waals surface area contributed by atoms with Gasteiger partial charge in [-0.25, -0.2) is 0 Å². The Hall–Kier alpha value is -0.690. The molecule has 262 valence electrons. The van der Waals surface area contributed by atoms with Crippen molar-refractivity contribution >= 4 is 5.78 Å². The lowest BCUT2D eigenvalue weighted by Gasteiger charge is -2.41. The van der Waals surface area contributed by atoms with Gasteiger partial charge < -0.3 is 46.5 Å². The molecule has 0 aromatic carbocycles. The molecule has 0 amide bonds. The summed E-state index contributed by atoms with van der Waals surface area (Å²) in [7, 11) is 0. The minimum Gasteiger partial charge on any atom is -0.394 e. The number of ketones is 1. The maximum absolute atomic E-state index is 12.1. The highest BCUT2D eigenvalue weighted by molar-refractivity contribution is 5.78. The number of aliphatic hydroxyl groups excluding tert-OH is 5. The first kappa shape index (κ1) is 41.3. The number of carbonyl (C=O) groups excluding carboxylic acids is 1. The zero-order chi connectivity index (χ0) is 32.7. The Morgan fingerprint density at radius 2 is 1.09 bits per heavy atom. The van der Waals surface area contributed by atoms with Gasteiger partial charge in [0, 0.05) is 24.9 Å². The van der Waals surface area contributed by atoms with Crippen LogP contribution in [0.15, 0.2) is 0 Å². The lowest BCUT2D eigenvalue weighted by molar-refractivity contribution is -0.312. The topological polar surface area (TPSA) is 189 Å². The second-order valence-corrected chi connectivity index (χ2v) is 13.3. The molecule has 0 aromatic rings. The van der Waals surface area contributed by atoms with Crippen LogP contribution >= 0.6 is 0 Å². The fourth-order valence-electron chi connectivity index (χ4n) is 5.84. The number of hydrogen-bond acceptors (Lipinski definition) is 10. The number of unbranched alkanes of at least 4 members (excludes halogenated alkanes) is 15. The number of Topliss-reactive ketones (excluding diaryl/α,β-unsaturated/α-hetero) is 1. The zero-order valence-electron chi connectivity index (χ0n) is 27.9. The maximum Gasteiger partial charge on any atom is 0.187 e. The molecule has 1 aliphatic heterocycles. The van der Waals surface area contributed by atoms with Gasteiger partial charge in [-0.2, -0.15) is 0 Å². The van der Waals surface area contributed by atoms with E-state index in [1.54, 1.807) is 0 Å². The highest BCUT2D eigenvalue weighted by Crippen LogP contribution is 2.25. The second kappa shape index (κ2) is 25.4. The Labute approximate surface area is 267 Å². The predicted octanol–water partition coefficient (Wildman–Crippen LogP) is 3.99. The summed E-state index contributed by atoms with van der Waals surface area (Å²) in [6, 6.07) is -0.447. The zero-order valence-corrected chi connectivity index (χ0v) is 27.9. The number of aliphatic hydroxyl groups is 5. The standard InChI is InChI=1S/C34H68N2O8/c1-25(35)28(39)22-18-14-11-13-17-21-27(38)20-16-12-9-7-5-3-4-6-8-10-15-19-23-29(26(2)36)43-34-33(42)32(41)31(40)30(24-37)44-34/h25-26,28-34,37,39-42H,3-24,35-36H2,1-2H3/t25-,26-,28-,29-,30-,31?,32+,33-,34-/m1/s1. The SMILES string of the molecule is C[C@@H](N)[C@H](O)CCCCCCCC(=O)CCCCCCCCCCCCCC[C@@H](O[C@@H]1O[C@H](CO)C(O)[C@H](O)[C@H]1O)[C@@H](C)N. The molecule has 10 heteroatoms. The minimum absolute atomic E-state index is 0.157.